The second-order valence-electron chi connectivity index (χ2n) is 12.2. The first kappa shape index (κ1) is 30.4. The molecule has 12 heteroatoms. The summed E-state index contributed by atoms with van der Waals surface area (Å²) < 4.78 is 2.03. The van der Waals surface area contributed by atoms with Gasteiger partial charge in [-0.25, -0.2) is 14.8 Å². The first-order valence-electron chi connectivity index (χ1n) is 15.9. The monoisotopic (exact) mass is 634 g/mol. The Morgan fingerprint density at radius 2 is 1.49 bits per heavy atom. The Bertz CT molecular complexity index is 1970. The number of aromatic nitrogens is 3. The van der Waals surface area contributed by atoms with Crippen molar-refractivity contribution in [3.05, 3.63) is 66.0 Å². The molecule has 3 aliphatic rings. The van der Waals surface area contributed by atoms with Crippen molar-refractivity contribution in [1.29, 1.82) is 0 Å². The average molecular weight is 635 g/mol. The standard InChI is InChI=1S/C35H34N6O6/c1-38-16-18-39(19-17-38)35-36-25-10-4-2-9-23(25)34(37-35)33-28(43)20-27(42)32(33)24-21-40(26-11-5-3-8-22(24)26)15-7-6-12-31(46)47-41-29(44)13-14-30(41)45/h2-5,8-11,21H,6-7,12-20H2,1H3. The molecule has 1 aliphatic carbocycles. The highest BCUT2D eigenvalue weighted by Gasteiger charge is 2.36. The number of hydroxylamine groups is 2. The van der Waals surface area contributed by atoms with Crippen molar-refractivity contribution in [3.8, 4) is 0 Å². The first-order chi connectivity index (χ1) is 22.8. The molecule has 7 rings (SSSR count). The molecule has 0 N–H and O–H groups in total. The van der Waals surface area contributed by atoms with Crippen molar-refractivity contribution in [3.63, 3.8) is 0 Å². The molecule has 47 heavy (non-hydrogen) atoms. The number of hydrogen-bond donors (Lipinski definition) is 0. The predicted octanol–water partition coefficient (Wildman–Crippen LogP) is 3.57. The van der Waals surface area contributed by atoms with E-state index < -0.39 is 17.8 Å². The Balaban J connectivity index is 1.21. The quantitative estimate of drug-likeness (QED) is 0.153. The molecule has 0 unspecified atom stereocenters. The van der Waals surface area contributed by atoms with E-state index in [1.54, 1.807) is 0 Å². The molecule has 2 amide bonds. The van der Waals surface area contributed by atoms with E-state index >= 15 is 0 Å². The summed E-state index contributed by atoms with van der Waals surface area (Å²) >= 11 is 0. The summed E-state index contributed by atoms with van der Waals surface area (Å²) in [6.45, 7) is 3.79. The van der Waals surface area contributed by atoms with E-state index in [4.69, 9.17) is 14.8 Å². The molecule has 0 spiro atoms. The van der Waals surface area contributed by atoms with Crippen molar-refractivity contribution in [2.75, 3.05) is 38.1 Å². The molecule has 0 saturated carbocycles. The second-order valence-corrected chi connectivity index (χ2v) is 12.2. The van der Waals surface area contributed by atoms with E-state index in [0.717, 1.165) is 37.1 Å². The number of piperazine rings is 1. The highest BCUT2D eigenvalue weighted by molar-refractivity contribution is 6.52. The van der Waals surface area contributed by atoms with Gasteiger partial charge in [-0.2, -0.15) is 0 Å². The fourth-order valence-electron chi connectivity index (χ4n) is 6.53. The molecule has 4 aromatic rings. The van der Waals surface area contributed by atoms with Gasteiger partial charge < -0.3 is 19.2 Å². The fraction of sp³-hybridized carbons (Fsp3) is 0.343. The Hall–Kier alpha value is -5.23. The van der Waals surface area contributed by atoms with Gasteiger partial charge in [-0.3, -0.25) is 19.2 Å². The van der Waals surface area contributed by atoms with Gasteiger partial charge >= 0.3 is 5.97 Å². The van der Waals surface area contributed by atoms with Crippen LogP contribution >= 0.6 is 0 Å². The Morgan fingerprint density at radius 3 is 2.26 bits per heavy atom. The third-order valence-corrected chi connectivity index (χ3v) is 9.03. The van der Waals surface area contributed by atoms with Crippen molar-refractivity contribution < 1.29 is 28.8 Å². The summed E-state index contributed by atoms with van der Waals surface area (Å²) in [5.74, 6) is -1.61. The Morgan fingerprint density at radius 1 is 0.809 bits per heavy atom. The SMILES string of the molecule is CN1CCN(c2nc(C3=C(c4cn(CCCCC(=O)ON5C(=O)CCC5=O)c5ccccc45)C(=O)CC3=O)c3ccccc3n2)CC1. The molecule has 2 aromatic heterocycles. The molecule has 0 radical (unpaired) electrons. The number of likely N-dealkylation sites (N-methyl/N-ethyl adjacent to an activating group) is 1. The number of hydrogen-bond acceptors (Lipinski definition) is 10. The topological polar surface area (TPSA) is 135 Å². The number of anilines is 1. The number of imide groups is 1. The molecule has 240 valence electrons. The number of carbonyl (C=O) groups is 5. The number of Topliss-reactive ketones (excluding diaryl/α,β-unsaturated/α-hetero) is 2. The summed E-state index contributed by atoms with van der Waals surface area (Å²) in [6.07, 6.45) is 2.88. The number of ketones is 2. The average Bonchev–Trinajstić information content (AvgIpc) is 3.70. The summed E-state index contributed by atoms with van der Waals surface area (Å²) in [5, 5.41) is 2.12. The predicted molar refractivity (Wildman–Crippen MR) is 174 cm³/mol. The number of para-hydroxylation sites is 2. The van der Waals surface area contributed by atoms with Gasteiger partial charge in [0.2, 0.25) is 5.95 Å². The van der Waals surface area contributed by atoms with Crippen LogP contribution in [0.25, 0.3) is 33.0 Å². The van der Waals surface area contributed by atoms with Crippen LogP contribution in [-0.2, 0) is 35.4 Å². The van der Waals surface area contributed by atoms with E-state index in [1.807, 2.05) is 59.3 Å². The summed E-state index contributed by atoms with van der Waals surface area (Å²) in [6, 6.07) is 15.3. The van der Waals surface area contributed by atoms with Gasteiger partial charge in [0, 0.05) is 85.6 Å². The van der Waals surface area contributed by atoms with Crippen LogP contribution in [0.4, 0.5) is 5.95 Å². The lowest BCUT2D eigenvalue weighted by atomic mass is 9.97. The van der Waals surface area contributed by atoms with E-state index in [2.05, 4.69) is 16.8 Å². The minimum absolute atomic E-state index is 0.0435. The zero-order chi connectivity index (χ0) is 32.7. The zero-order valence-corrected chi connectivity index (χ0v) is 26.1. The summed E-state index contributed by atoms with van der Waals surface area (Å²) in [4.78, 5) is 82.3. The number of rotatable bonds is 9. The Kier molecular flexibility index (Phi) is 8.10. The fourth-order valence-corrected chi connectivity index (χ4v) is 6.53. The molecule has 0 atom stereocenters. The lowest BCUT2D eigenvalue weighted by Gasteiger charge is -2.32. The van der Waals surface area contributed by atoms with Crippen molar-refractivity contribution in [2.24, 2.45) is 0 Å². The lowest BCUT2D eigenvalue weighted by Crippen LogP contribution is -2.45. The van der Waals surface area contributed by atoms with E-state index in [9.17, 15) is 24.0 Å². The van der Waals surface area contributed by atoms with Crippen LogP contribution in [-0.4, -0.2) is 87.1 Å². The van der Waals surface area contributed by atoms with Gasteiger partial charge in [0.25, 0.3) is 11.8 Å². The maximum absolute atomic E-state index is 13.7. The van der Waals surface area contributed by atoms with Crippen molar-refractivity contribution >= 4 is 68.3 Å². The van der Waals surface area contributed by atoms with Crippen LogP contribution in [0.3, 0.4) is 0 Å². The highest BCUT2D eigenvalue weighted by Crippen LogP contribution is 2.41. The van der Waals surface area contributed by atoms with Crippen molar-refractivity contribution in [2.45, 2.75) is 45.1 Å². The maximum Gasteiger partial charge on any atom is 0.333 e. The molecule has 2 aliphatic heterocycles. The van der Waals surface area contributed by atoms with Crippen LogP contribution in [0.5, 0.6) is 0 Å². The second kappa shape index (κ2) is 12.5. The van der Waals surface area contributed by atoms with Gasteiger partial charge in [-0.05, 0) is 32.0 Å². The molecular weight excluding hydrogens is 600 g/mol. The first-order valence-corrected chi connectivity index (χ1v) is 15.9. The van der Waals surface area contributed by atoms with Gasteiger partial charge in [-0.15, -0.1) is 5.06 Å². The molecular formula is C35H34N6O6. The smallest absolute Gasteiger partial charge is 0.333 e. The number of aryl methyl sites for hydroxylation is 1. The van der Waals surface area contributed by atoms with E-state index in [-0.39, 0.29) is 37.2 Å². The molecule has 2 aromatic carbocycles. The number of unbranched alkanes of at least 4 members (excludes halogenated alkanes) is 1. The highest BCUT2D eigenvalue weighted by atomic mass is 16.7. The van der Waals surface area contributed by atoms with Crippen LogP contribution in [0.15, 0.2) is 54.7 Å². The third kappa shape index (κ3) is 5.80. The normalized spacial score (nSPS) is 17.6. The maximum atomic E-state index is 13.7. The summed E-state index contributed by atoms with van der Waals surface area (Å²) in [5.41, 5.74) is 3.43. The summed E-state index contributed by atoms with van der Waals surface area (Å²) in [7, 11) is 2.08. The number of allylic oxidation sites excluding steroid dienone is 2. The van der Waals surface area contributed by atoms with Gasteiger partial charge in [0.15, 0.2) is 11.6 Å². The molecule has 2 saturated heterocycles. The third-order valence-electron chi connectivity index (χ3n) is 9.03. The van der Waals surface area contributed by atoms with Crippen molar-refractivity contribution in [1.82, 2.24) is 24.5 Å². The minimum atomic E-state index is -0.635. The van der Waals surface area contributed by atoms with Gasteiger partial charge in [0.1, 0.15) is 0 Å². The molecule has 0 bridgehead atoms. The van der Waals surface area contributed by atoms with Gasteiger partial charge in [0.05, 0.1) is 23.2 Å². The van der Waals surface area contributed by atoms with E-state index in [1.165, 1.54) is 0 Å². The Labute approximate surface area is 270 Å². The lowest BCUT2D eigenvalue weighted by molar-refractivity contribution is -0.197. The van der Waals surface area contributed by atoms with Crippen LogP contribution < -0.4 is 4.90 Å². The zero-order valence-electron chi connectivity index (χ0n) is 26.1. The molecule has 4 heterocycles. The minimum Gasteiger partial charge on any atom is -0.347 e. The molecule has 2 fully saturated rings. The number of fused-ring (bicyclic) bond motifs is 2. The van der Waals surface area contributed by atoms with Crippen LogP contribution in [0.2, 0.25) is 0 Å². The van der Waals surface area contributed by atoms with E-state index in [0.29, 0.717) is 63.7 Å². The largest absolute Gasteiger partial charge is 0.347 e. The number of carbonyl (C=O) groups excluding carboxylic acids is 5. The number of benzene rings is 2. The van der Waals surface area contributed by atoms with Crippen LogP contribution in [0, 0.1) is 0 Å². The number of nitrogens with zero attached hydrogens (tertiary/aromatic N) is 6. The number of amides is 2. The van der Waals surface area contributed by atoms with Crippen LogP contribution in [0.1, 0.15) is 49.8 Å². The molecule has 12 nitrogen and oxygen atoms in total. The van der Waals surface area contributed by atoms with Gasteiger partial charge in [-0.1, -0.05) is 36.4 Å².